The predicted molar refractivity (Wildman–Crippen MR) is 118 cm³/mol. The van der Waals surface area contributed by atoms with E-state index in [-0.39, 0.29) is 35.9 Å². The predicted octanol–water partition coefficient (Wildman–Crippen LogP) is 2.40. The van der Waals surface area contributed by atoms with Crippen molar-refractivity contribution in [2.24, 2.45) is 35.0 Å². The summed E-state index contributed by atoms with van der Waals surface area (Å²) >= 11 is 0. The molecule has 3 aliphatic rings. The van der Waals surface area contributed by atoms with Crippen LogP contribution in [0, 0.1) is 35.0 Å². The number of hydrogen-bond donors (Lipinski definition) is 0. The Kier molecular flexibility index (Phi) is 7.53. The van der Waals surface area contributed by atoms with Crippen molar-refractivity contribution in [3.63, 3.8) is 0 Å². The highest BCUT2D eigenvalue weighted by atomic mass is 16.6. The van der Waals surface area contributed by atoms with Crippen LogP contribution in [-0.4, -0.2) is 55.1 Å². The quantitative estimate of drug-likeness (QED) is 0.433. The molecule has 0 unspecified atom stereocenters. The molecule has 2 saturated carbocycles. The third-order valence-corrected chi connectivity index (χ3v) is 8.04. The molecular weight excluding hydrogens is 444 g/mol. The van der Waals surface area contributed by atoms with Gasteiger partial charge in [-0.15, -0.1) is 0 Å². The molecule has 0 aromatic carbocycles. The van der Waals surface area contributed by atoms with Crippen molar-refractivity contribution in [1.29, 1.82) is 0 Å². The Morgan fingerprint density at radius 2 is 1.56 bits per heavy atom. The van der Waals surface area contributed by atoms with Crippen LogP contribution in [0.1, 0.15) is 53.9 Å². The van der Waals surface area contributed by atoms with Gasteiger partial charge in [-0.25, -0.2) is 0 Å². The molecule has 0 aromatic heterocycles. The standard InChI is InChI=1S/C25H34O9/c1-12-18-8-7-16-17(11-21(30)31-6)20(29)10-9-19(16)25(18,5)24(34-15(4)28)23(33-14(3)27)22(12)32-13(2)26/h9-10,12,16-19,22-24H,7-8,11H2,1-6H3/t12-,16-,17-,18-,19-,22+,23+,24-,25-/m0/s1. The Labute approximate surface area is 199 Å². The van der Waals surface area contributed by atoms with Crippen LogP contribution in [0.2, 0.25) is 0 Å². The average molecular weight is 479 g/mol. The highest BCUT2D eigenvalue weighted by Crippen LogP contribution is 2.61. The van der Waals surface area contributed by atoms with Crippen LogP contribution in [0.25, 0.3) is 0 Å². The number of allylic oxidation sites excluding steroid dienone is 2. The molecule has 0 aliphatic heterocycles. The molecule has 0 aromatic rings. The largest absolute Gasteiger partial charge is 0.469 e. The molecule has 0 saturated heterocycles. The highest BCUT2D eigenvalue weighted by molar-refractivity contribution is 5.95. The number of ketones is 1. The van der Waals surface area contributed by atoms with Crippen molar-refractivity contribution < 1.29 is 42.9 Å². The third kappa shape index (κ3) is 4.61. The third-order valence-electron chi connectivity index (χ3n) is 8.04. The van der Waals surface area contributed by atoms with Gasteiger partial charge in [0, 0.05) is 38.0 Å². The number of carbonyl (C=O) groups is 5. The Bertz CT molecular complexity index is 893. The molecule has 0 radical (unpaired) electrons. The zero-order valence-electron chi connectivity index (χ0n) is 20.6. The van der Waals surface area contributed by atoms with Crippen LogP contribution in [-0.2, 0) is 42.9 Å². The van der Waals surface area contributed by atoms with Crippen LogP contribution in [0.15, 0.2) is 12.2 Å². The smallest absolute Gasteiger partial charge is 0.306 e. The zero-order valence-corrected chi connectivity index (χ0v) is 20.6. The van der Waals surface area contributed by atoms with E-state index in [1.165, 1.54) is 34.0 Å². The lowest BCUT2D eigenvalue weighted by atomic mass is 9.45. The van der Waals surface area contributed by atoms with E-state index in [2.05, 4.69) is 0 Å². The van der Waals surface area contributed by atoms with Crippen molar-refractivity contribution in [3.05, 3.63) is 12.2 Å². The molecule has 3 aliphatic carbocycles. The van der Waals surface area contributed by atoms with Crippen molar-refractivity contribution in [2.75, 3.05) is 7.11 Å². The maximum atomic E-state index is 12.8. The van der Waals surface area contributed by atoms with Crippen LogP contribution >= 0.6 is 0 Å². The lowest BCUT2D eigenvalue weighted by Gasteiger charge is -2.62. The van der Waals surface area contributed by atoms with Crippen molar-refractivity contribution >= 4 is 29.7 Å². The van der Waals surface area contributed by atoms with E-state index >= 15 is 0 Å². The Hall–Kier alpha value is -2.71. The fourth-order valence-electron chi connectivity index (χ4n) is 6.76. The molecule has 2 fully saturated rings. The summed E-state index contributed by atoms with van der Waals surface area (Å²) in [6, 6.07) is 0. The molecule has 34 heavy (non-hydrogen) atoms. The van der Waals surface area contributed by atoms with E-state index in [0.717, 1.165) is 0 Å². The van der Waals surface area contributed by atoms with Gasteiger partial charge >= 0.3 is 23.9 Å². The van der Waals surface area contributed by atoms with E-state index in [1.54, 1.807) is 0 Å². The first-order chi connectivity index (χ1) is 15.9. The summed E-state index contributed by atoms with van der Waals surface area (Å²) in [6.45, 7) is 7.75. The maximum Gasteiger partial charge on any atom is 0.306 e. The molecule has 0 heterocycles. The van der Waals surface area contributed by atoms with Crippen molar-refractivity contribution in [2.45, 2.75) is 72.2 Å². The second kappa shape index (κ2) is 9.88. The van der Waals surface area contributed by atoms with Gasteiger partial charge in [0.1, 0.15) is 12.2 Å². The van der Waals surface area contributed by atoms with Crippen LogP contribution in [0.4, 0.5) is 0 Å². The molecule has 9 heteroatoms. The Balaban J connectivity index is 2.12. The van der Waals surface area contributed by atoms with Gasteiger partial charge in [-0.3, -0.25) is 24.0 Å². The number of ether oxygens (including phenoxy) is 4. The molecule has 0 N–H and O–H groups in total. The van der Waals surface area contributed by atoms with Crippen LogP contribution in [0.5, 0.6) is 0 Å². The van der Waals surface area contributed by atoms with Gasteiger partial charge in [-0.05, 0) is 36.7 Å². The van der Waals surface area contributed by atoms with Gasteiger partial charge in [-0.1, -0.05) is 19.9 Å². The molecule has 0 amide bonds. The fraction of sp³-hybridized carbons (Fsp3) is 0.720. The Morgan fingerprint density at radius 1 is 0.971 bits per heavy atom. The van der Waals surface area contributed by atoms with Gasteiger partial charge in [-0.2, -0.15) is 0 Å². The number of rotatable bonds is 5. The molecular formula is C25H34O9. The second-order valence-corrected chi connectivity index (χ2v) is 9.92. The normalized spacial score (nSPS) is 38.7. The number of carbonyl (C=O) groups excluding carboxylic acids is 5. The second-order valence-electron chi connectivity index (χ2n) is 9.92. The summed E-state index contributed by atoms with van der Waals surface area (Å²) in [7, 11) is 1.29. The zero-order chi connectivity index (χ0) is 25.4. The molecule has 9 atom stereocenters. The first kappa shape index (κ1) is 25.9. The summed E-state index contributed by atoms with van der Waals surface area (Å²) in [4.78, 5) is 61.1. The summed E-state index contributed by atoms with van der Waals surface area (Å²) < 4.78 is 21.9. The van der Waals surface area contributed by atoms with Crippen LogP contribution < -0.4 is 0 Å². The first-order valence-electron chi connectivity index (χ1n) is 11.7. The van der Waals surface area contributed by atoms with Crippen molar-refractivity contribution in [1.82, 2.24) is 0 Å². The highest BCUT2D eigenvalue weighted by Gasteiger charge is 2.65. The van der Waals surface area contributed by atoms with Gasteiger partial charge in [0.2, 0.25) is 0 Å². The first-order valence-corrected chi connectivity index (χ1v) is 11.7. The minimum Gasteiger partial charge on any atom is -0.469 e. The van der Waals surface area contributed by atoms with Gasteiger partial charge in [0.25, 0.3) is 0 Å². The number of methoxy groups -OCH3 is 1. The van der Waals surface area contributed by atoms with Crippen LogP contribution in [0.3, 0.4) is 0 Å². The molecule has 188 valence electrons. The SMILES string of the molecule is COC(=O)C[C@@H]1C(=O)C=C[C@H]2[C@H]1CC[C@H]1[C@H](C)[C@@H](OC(C)=O)[C@@H](OC(C)=O)[C@H](OC(C)=O)[C@]21C. The lowest BCUT2D eigenvalue weighted by molar-refractivity contribution is -0.248. The number of hydrogen-bond acceptors (Lipinski definition) is 9. The van der Waals surface area contributed by atoms with E-state index in [4.69, 9.17) is 18.9 Å². The summed E-state index contributed by atoms with van der Waals surface area (Å²) in [5.41, 5.74) is -0.740. The minimum absolute atomic E-state index is 0.0289. The summed E-state index contributed by atoms with van der Waals surface area (Å²) in [5.74, 6) is -3.48. The van der Waals surface area contributed by atoms with E-state index in [0.29, 0.717) is 12.8 Å². The monoisotopic (exact) mass is 478 g/mol. The molecule has 0 spiro atoms. The average Bonchev–Trinajstić information content (AvgIpc) is 2.74. The lowest BCUT2D eigenvalue weighted by Crippen LogP contribution is -2.68. The van der Waals surface area contributed by atoms with E-state index in [1.807, 2.05) is 19.9 Å². The van der Waals surface area contributed by atoms with E-state index in [9.17, 15) is 24.0 Å². The van der Waals surface area contributed by atoms with E-state index < -0.39 is 53.5 Å². The number of fused-ring (bicyclic) bond motifs is 3. The van der Waals surface area contributed by atoms with Crippen molar-refractivity contribution in [3.8, 4) is 0 Å². The maximum absolute atomic E-state index is 12.8. The van der Waals surface area contributed by atoms with Gasteiger partial charge in [0.15, 0.2) is 11.9 Å². The minimum atomic E-state index is -1.01. The topological polar surface area (TPSA) is 122 Å². The molecule has 9 nitrogen and oxygen atoms in total. The molecule has 3 rings (SSSR count). The fourth-order valence-corrected chi connectivity index (χ4v) is 6.76. The molecule has 0 bridgehead atoms. The number of esters is 4. The Morgan fingerprint density at radius 3 is 2.12 bits per heavy atom. The van der Waals surface area contributed by atoms with Gasteiger partial charge < -0.3 is 18.9 Å². The van der Waals surface area contributed by atoms with Gasteiger partial charge in [0.05, 0.1) is 13.5 Å². The summed E-state index contributed by atoms with van der Waals surface area (Å²) in [6.07, 6.45) is 1.93. The summed E-state index contributed by atoms with van der Waals surface area (Å²) in [5, 5.41) is 0.